The second-order valence-electron chi connectivity index (χ2n) is 5.16. The first kappa shape index (κ1) is 22.3. The van der Waals surface area contributed by atoms with Gasteiger partial charge in [-0.1, -0.05) is 13.0 Å². The molecular formula is C15H23Cl2F3N2O. The summed E-state index contributed by atoms with van der Waals surface area (Å²) in [5, 5.41) is 3.28. The van der Waals surface area contributed by atoms with Crippen molar-refractivity contribution in [3.63, 3.8) is 0 Å². The van der Waals surface area contributed by atoms with Gasteiger partial charge >= 0.3 is 6.18 Å². The predicted octanol–water partition coefficient (Wildman–Crippen LogP) is 3.91. The minimum Gasteiger partial charge on any atom is -0.496 e. The van der Waals surface area contributed by atoms with Gasteiger partial charge in [0.2, 0.25) is 0 Å². The van der Waals surface area contributed by atoms with Crippen LogP contribution in [0.3, 0.4) is 0 Å². The molecule has 0 bridgehead atoms. The fraction of sp³-hybridized carbons (Fsp3) is 0.600. The molecule has 1 aliphatic heterocycles. The number of nitrogens with zero attached hydrogens (tertiary/aromatic N) is 1. The molecule has 23 heavy (non-hydrogen) atoms. The fourth-order valence-electron chi connectivity index (χ4n) is 2.83. The van der Waals surface area contributed by atoms with Crippen molar-refractivity contribution in [1.82, 2.24) is 10.2 Å². The van der Waals surface area contributed by atoms with Crippen LogP contribution in [0.15, 0.2) is 18.2 Å². The van der Waals surface area contributed by atoms with Gasteiger partial charge in [0.25, 0.3) is 0 Å². The molecule has 0 aliphatic carbocycles. The standard InChI is InChI=1S/C15H21F3N2O.2ClH/c1-3-13(20-8-6-19-7-9-20)12-5-4-11(15(16,17)18)10-14(12)21-2;;/h4-5,10,13,19H,3,6-9H2,1-2H3;2*1H/t13-;;/m1../s1. The Morgan fingerprint density at radius 1 is 1.22 bits per heavy atom. The number of nitrogens with one attached hydrogen (secondary N) is 1. The van der Waals surface area contributed by atoms with Crippen LogP contribution in [0.4, 0.5) is 13.2 Å². The summed E-state index contributed by atoms with van der Waals surface area (Å²) in [5.41, 5.74) is 0.160. The largest absolute Gasteiger partial charge is 0.496 e. The Balaban J connectivity index is 0.00000242. The van der Waals surface area contributed by atoms with E-state index >= 15 is 0 Å². The van der Waals surface area contributed by atoms with Crippen molar-refractivity contribution in [3.8, 4) is 5.75 Å². The molecule has 3 nitrogen and oxygen atoms in total. The third-order valence-electron chi connectivity index (χ3n) is 3.90. The molecule has 0 amide bonds. The Hall–Kier alpha value is -0.690. The van der Waals surface area contributed by atoms with E-state index in [1.54, 1.807) is 6.07 Å². The molecule has 0 aromatic heterocycles. The SMILES string of the molecule is CC[C@H](c1ccc(C(F)(F)F)cc1OC)N1CCNCC1.Cl.Cl. The number of alkyl halides is 3. The molecule has 1 aromatic carbocycles. The summed E-state index contributed by atoms with van der Waals surface area (Å²) < 4.78 is 43.6. The van der Waals surface area contributed by atoms with Gasteiger partial charge in [0.1, 0.15) is 5.75 Å². The van der Waals surface area contributed by atoms with Gasteiger partial charge in [-0.3, -0.25) is 4.90 Å². The molecular weight excluding hydrogens is 352 g/mol. The summed E-state index contributed by atoms with van der Waals surface area (Å²) in [4.78, 5) is 2.29. The number of benzene rings is 1. The highest BCUT2D eigenvalue weighted by Gasteiger charge is 2.32. The first-order valence-corrected chi connectivity index (χ1v) is 7.17. The molecule has 0 radical (unpaired) electrons. The van der Waals surface area contributed by atoms with E-state index in [4.69, 9.17) is 4.74 Å². The second kappa shape index (κ2) is 9.57. The Bertz CT molecular complexity index is 480. The Kier molecular flexibility index (Phi) is 9.28. The highest BCUT2D eigenvalue weighted by molar-refractivity contribution is 5.85. The lowest BCUT2D eigenvalue weighted by Gasteiger charge is -2.35. The summed E-state index contributed by atoms with van der Waals surface area (Å²) in [5.74, 6) is 0.315. The maximum atomic E-state index is 12.8. The van der Waals surface area contributed by atoms with E-state index in [0.717, 1.165) is 50.3 Å². The van der Waals surface area contributed by atoms with E-state index in [-0.39, 0.29) is 30.9 Å². The first-order valence-electron chi connectivity index (χ1n) is 7.17. The van der Waals surface area contributed by atoms with Gasteiger partial charge in [0, 0.05) is 37.8 Å². The van der Waals surface area contributed by atoms with Gasteiger partial charge in [0.05, 0.1) is 12.7 Å². The molecule has 0 spiro atoms. The number of ether oxygens (including phenoxy) is 1. The third kappa shape index (κ3) is 5.41. The van der Waals surface area contributed by atoms with E-state index in [1.165, 1.54) is 7.11 Å². The second-order valence-corrected chi connectivity index (χ2v) is 5.16. The van der Waals surface area contributed by atoms with Crippen LogP contribution in [0, 0.1) is 0 Å². The van der Waals surface area contributed by atoms with Crippen molar-refractivity contribution in [2.75, 3.05) is 33.3 Å². The van der Waals surface area contributed by atoms with E-state index in [2.05, 4.69) is 10.2 Å². The molecule has 2 rings (SSSR count). The van der Waals surface area contributed by atoms with Crippen LogP contribution in [0.25, 0.3) is 0 Å². The first-order chi connectivity index (χ1) is 9.97. The fourth-order valence-corrected chi connectivity index (χ4v) is 2.83. The Morgan fingerprint density at radius 2 is 1.83 bits per heavy atom. The molecule has 1 fully saturated rings. The smallest absolute Gasteiger partial charge is 0.416 e. The molecule has 0 unspecified atom stereocenters. The van der Waals surface area contributed by atoms with Gasteiger partial charge in [-0.05, 0) is 18.6 Å². The monoisotopic (exact) mass is 374 g/mol. The lowest BCUT2D eigenvalue weighted by atomic mass is 9.99. The summed E-state index contributed by atoms with van der Waals surface area (Å²) in [7, 11) is 1.42. The van der Waals surface area contributed by atoms with E-state index < -0.39 is 11.7 Å². The molecule has 1 N–H and O–H groups in total. The molecule has 1 aromatic rings. The topological polar surface area (TPSA) is 24.5 Å². The summed E-state index contributed by atoms with van der Waals surface area (Å²) >= 11 is 0. The van der Waals surface area contributed by atoms with Crippen molar-refractivity contribution in [2.45, 2.75) is 25.6 Å². The maximum absolute atomic E-state index is 12.8. The van der Waals surface area contributed by atoms with Crippen LogP contribution in [0.2, 0.25) is 0 Å². The van der Waals surface area contributed by atoms with Crippen molar-refractivity contribution < 1.29 is 17.9 Å². The highest BCUT2D eigenvalue weighted by Crippen LogP contribution is 2.37. The average molecular weight is 375 g/mol. The number of hydrogen-bond acceptors (Lipinski definition) is 3. The van der Waals surface area contributed by atoms with E-state index in [0.29, 0.717) is 5.75 Å². The van der Waals surface area contributed by atoms with Gasteiger partial charge < -0.3 is 10.1 Å². The predicted molar refractivity (Wildman–Crippen MR) is 90.0 cm³/mol. The highest BCUT2D eigenvalue weighted by atomic mass is 35.5. The minimum atomic E-state index is -4.34. The Labute approximate surface area is 147 Å². The molecule has 0 saturated carbocycles. The zero-order valence-corrected chi connectivity index (χ0v) is 14.8. The van der Waals surface area contributed by atoms with Gasteiger partial charge in [0.15, 0.2) is 0 Å². The van der Waals surface area contributed by atoms with Gasteiger partial charge in [-0.25, -0.2) is 0 Å². The zero-order chi connectivity index (χ0) is 15.5. The van der Waals surface area contributed by atoms with Gasteiger partial charge in [-0.2, -0.15) is 13.2 Å². The number of piperazine rings is 1. The van der Waals surface area contributed by atoms with E-state index in [1.807, 2.05) is 6.92 Å². The minimum absolute atomic E-state index is 0. The molecule has 8 heteroatoms. The average Bonchev–Trinajstić information content (AvgIpc) is 2.48. The summed E-state index contributed by atoms with van der Waals surface area (Å²) in [6, 6.07) is 3.88. The molecule has 1 aliphatic rings. The number of halogens is 5. The number of methoxy groups -OCH3 is 1. The molecule has 134 valence electrons. The van der Waals surface area contributed by atoms with Crippen molar-refractivity contribution in [3.05, 3.63) is 29.3 Å². The zero-order valence-electron chi connectivity index (χ0n) is 13.2. The normalized spacial score (nSPS) is 16.9. The van der Waals surface area contributed by atoms with Crippen LogP contribution >= 0.6 is 24.8 Å². The summed E-state index contributed by atoms with van der Waals surface area (Å²) in [6.45, 7) is 5.63. The molecule has 1 atom stereocenters. The lowest BCUT2D eigenvalue weighted by molar-refractivity contribution is -0.137. The van der Waals surface area contributed by atoms with Crippen LogP contribution in [-0.2, 0) is 6.18 Å². The third-order valence-corrected chi connectivity index (χ3v) is 3.90. The maximum Gasteiger partial charge on any atom is 0.416 e. The Morgan fingerprint density at radius 3 is 2.30 bits per heavy atom. The number of rotatable bonds is 4. The van der Waals surface area contributed by atoms with Crippen LogP contribution in [0.5, 0.6) is 5.75 Å². The molecule has 1 heterocycles. The quantitative estimate of drug-likeness (QED) is 0.864. The van der Waals surface area contributed by atoms with Crippen LogP contribution in [0.1, 0.15) is 30.5 Å². The number of hydrogen-bond donors (Lipinski definition) is 1. The summed E-state index contributed by atoms with van der Waals surface area (Å²) in [6.07, 6.45) is -3.51. The van der Waals surface area contributed by atoms with E-state index in [9.17, 15) is 13.2 Å². The van der Waals surface area contributed by atoms with Crippen LogP contribution in [-0.4, -0.2) is 38.2 Å². The van der Waals surface area contributed by atoms with Crippen molar-refractivity contribution in [1.29, 1.82) is 0 Å². The lowest BCUT2D eigenvalue weighted by Crippen LogP contribution is -2.45. The van der Waals surface area contributed by atoms with Crippen LogP contribution < -0.4 is 10.1 Å². The van der Waals surface area contributed by atoms with Crippen molar-refractivity contribution in [2.24, 2.45) is 0 Å². The van der Waals surface area contributed by atoms with Crippen molar-refractivity contribution >= 4 is 24.8 Å². The van der Waals surface area contributed by atoms with Gasteiger partial charge in [-0.15, -0.1) is 24.8 Å². The molecule has 1 saturated heterocycles.